The number of hydrogen-bond acceptors (Lipinski definition) is 3. The van der Waals surface area contributed by atoms with E-state index in [-0.39, 0.29) is 0 Å². The number of hydrogen-bond donors (Lipinski definition) is 0. The minimum absolute atomic E-state index is 0.802. The molecule has 4 nitrogen and oxygen atoms in total. The van der Waals surface area contributed by atoms with Crippen LogP contribution in [0.1, 0.15) is 36.8 Å². The van der Waals surface area contributed by atoms with E-state index in [9.17, 15) is 0 Å². The monoisotopic (exact) mass is 339 g/mol. The van der Waals surface area contributed by atoms with Crippen LogP contribution in [-0.2, 0) is 26.1 Å². The maximum Gasteiger partial charge on any atom is 0.118 e. The molecule has 110 valence electrons. The second-order valence-electron chi connectivity index (χ2n) is 5.06. The van der Waals surface area contributed by atoms with Gasteiger partial charge in [0.1, 0.15) is 11.5 Å². The molecule has 2 heterocycles. The summed E-state index contributed by atoms with van der Waals surface area (Å²) in [6.07, 6.45) is 0.946. The standard InChI is InChI=1S/C15H22BrN3O/c1-5-13-15(16)14(19(6-2)17-13)10-18(4)9-12-8-7-11(3)20-12/h7-8H,5-6,9-10H2,1-4H3. The lowest BCUT2D eigenvalue weighted by molar-refractivity contribution is 0.276. The van der Waals surface area contributed by atoms with Crippen molar-refractivity contribution in [2.45, 2.75) is 46.8 Å². The fraction of sp³-hybridized carbons (Fsp3) is 0.533. The molecule has 0 atom stereocenters. The SMILES string of the molecule is CCc1nn(CC)c(CN(C)Cc2ccc(C)o2)c1Br. The van der Waals surface area contributed by atoms with Crippen LogP contribution in [0.2, 0.25) is 0 Å². The van der Waals surface area contributed by atoms with Gasteiger partial charge in [-0.3, -0.25) is 9.58 Å². The lowest BCUT2D eigenvalue weighted by Crippen LogP contribution is -2.19. The van der Waals surface area contributed by atoms with Crippen molar-refractivity contribution in [3.05, 3.63) is 39.5 Å². The Kier molecular flexibility index (Phi) is 5.05. The van der Waals surface area contributed by atoms with Crippen molar-refractivity contribution >= 4 is 15.9 Å². The second-order valence-corrected chi connectivity index (χ2v) is 5.85. The zero-order valence-corrected chi connectivity index (χ0v) is 14.2. The normalized spacial score (nSPS) is 11.5. The molecule has 0 aromatic carbocycles. The van der Waals surface area contributed by atoms with Crippen molar-refractivity contribution in [3.8, 4) is 0 Å². The van der Waals surface area contributed by atoms with Crippen LogP contribution in [0.15, 0.2) is 21.0 Å². The number of halogens is 1. The Morgan fingerprint density at radius 1 is 1.30 bits per heavy atom. The third-order valence-corrected chi connectivity index (χ3v) is 4.25. The van der Waals surface area contributed by atoms with Gasteiger partial charge in [0.15, 0.2) is 0 Å². The van der Waals surface area contributed by atoms with Crippen LogP contribution >= 0.6 is 15.9 Å². The van der Waals surface area contributed by atoms with Crippen LogP contribution in [0.5, 0.6) is 0 Å². The highest BCUT2D eigenvalue weighted by Crippen LogP contribution is 2.24. The van der Waals surface area contributed by atoms with Gasteiger partial charge < -0.3 is 4.42 Å². The Labute approximate surface area is 128 Å². The van der Waals surface area contributed by atoms with E-state index in [1.807, 2.05) is 19.1 Å². The summed E-state index contributed by atoms with van der Waals surface area (Å²) in [4.78, 5) is 2.24. The molecule has 0 unspecified atom stereocenters. The molecule has 2 rings (SSSR count). The molecule has 0 spiro atoms. The van der Waals surface area contributed by atoms with Crippen molar-refractivity contribution in [1.82, 2.24) is 14.7 Å². The van der Waals surface area contributed by atoms with Gasteiger partial charge in [0, 0.05) is 13.1 Å². The first-order chi connectivity index (χ1) is 9.55. The predicted octanol–water partition coefficient (Wildman–Crippen LogP) is 3.76. The van der Waals surface area contributed by atoms with Gasteiger partial charge in [-0.15, -0.1) is 0 Å². The van der Waals surface area contributed by atoms with Gasteiger partial charge >= 0.3 is 0 Å². The zero-order chi connectivity index (χ0) is 14.7. The highest BCUT2D eigenvalue weighted by Gasteiger charge is 2.16. The molecule has 20 heavy (non-hydrogen) atoms. The fourth-order valence-electron chi connectivity index (χ4n) is 2.32. The van der Waals surface area contributed by atoms with Gasteiger partial charge in [0.2, 0.25) is 0 Å². The summed E-state index contributed by atoms with van der Waals surface area (Å²) < 4.78 is 8.85. The average molecular weight is 340 g/mol. The molecule has 0 aliphatic heterocycles. The molecule has 0 bridgehead atoms. The second kappa shape index (κ2) is 6.59. The van der Waals surface area contributed by atoms with Gasteiger partial charge in [0.05, 0.1) is 22.4 Å². The van der Waals surface area contributed by atoms with E-state index in [2.05, 4.69) is 51.5 Å². The predicted molar refractivity (Wildman–Crippen MR) is 83.6 cm³/mol. The van der Waals surface area contributed by atoms with Crippen molar-refractivity contribution < 1.29 is 4.42 Å². The minimum atomic E-state index is 0.802. The van der Waals surface area contributed by atoms with E-state index in [4.69, 9.17) is 4.42 Å². The summed E-state index contributed by atoms with van der Waals surface area (Å²) in [5.41, 5.74) is 2.36. The molecule has 0 saturated carbocycles. The van der Waals surface area contributed by atoms with E-state index in [0.29, 0.717) is 0 Å². The van der Waals surface area contributed by atoms with Gasteiger partial charge in [-0.2, -0.15) is 5.10 Å². The quantitative estimate of drug-likeness (QED) is 0.803. The molecule has 5 heteroatoms. The van der Waals surface area contributed by atoms with Gasteiger partial charge in [0.25, 0.3) is 0 Å². The Morgan fingerprint density at radius 2 is 2.05 bits per heavy atom. The Hall–Kier alpha value is -1.07. The van der Waals surface area contributed by atoms with Crippen molar-refractivity contribution in [2.75, 3.05) is 7.05 Å². The summed E-state index contributed by atoms with van der Waals surface area (Å²) >= 11 is 3.69. The number of aromatic nitrogens is 2. The van der Waals surface area contributed by atoms with Crippen molar-refractivity contribution in [3.63, 3.8) is 0 Å². The molecule has 2 aromatic rings. The molecule has 0 radical (unpaired) electrons. The molecule has 0 N–H and O–H groups in total. The first-order valence-electron chi connectivity index (χ1n) is 7.03. The smallest absolute Gasteiger partial charge is 0.118 e. The lowest BCUT2D eigenvalue weighted by atomic mass is 10.3. The van der Waals surface area contributed by atoms with Gasteiger partial charge in [-0.05, 0) is 55.4 Å². The molecule has 2 aromatic heterocycles. The van der Waals surface area contributed by atoms with E-state index in [1.165, 1.54) is 5.69 Å². The van der Waals surface area contributed by atoms with Crippen LogP contribution in [0, 0.1) is 6.92 Å². The zero-order valence-electron chi connectivity index (χ0n) is 12.6. The number of rotatable bonds is 6. The molecule has 0 aliphatic carbocycles. The number of nitrogens with zero attached hydrogens (tertiary/aromatic N) is 3. The van der Waals surface area contributed by atoms with E-state index >= 15 is 0 Å². The van der Waals surface area contributed by atoms with Crippen LogP contribution in [0.3, 0.4) is 0 Å². The highest BCUT2D eigenvalue weighted by molar-refractivity contribution is 9.10. The summed E-state index contributed by atoms with van der Waals surface area (Å²) in [6.45, 7) is 8.77. The lowest BCUT2D eigenvalue weighted by Gasteiger charge is -2.16. The van der Waals surface area contributed by atoms with Crippen molar-refractivity contribution in [1.29, 1.82) is 0 Å². The van der Waals surface area contributed by atoms with E-state index in [0.717, 1.165) is 47.7 Å². The largest absolute Gasteiger partial charge is 0.465 e. The highest BCUT2D eigenvalue weighted by atomic mass is 79.9. The third-order valence-electron chi connectivity index (χ3n) is 3.34. The molecule has 0 saturated heterocycles. The van der Waals surface area contributed by atoms with Crippen molar-refractivity contribution in [2.24, 2.45) is 0 Å². The van der Waals surface area contributed by atoms with E-state index in [1.54, 1.807) is 0 Å². The minimum Gasteiger partial charge on any atom is -0.465 e. The van der Waals surface area contributed by atoms with Gasteiger partial charge in [-0.1, -0.05) is 6.92 Å². The number of aryl methyl sites for hydroxylation is 3. The molecule has 0 amide bonds. The van der Waals surface area contributed by atoms with Crippen LogP contribution in [-0.4, -0.2) is 21.7 Å². The van der Waals surface area contributed by atoms with Crippen LogP contribution in [0.25, 0.3) is 0 Å². The molecule has 0 aliphatic rings. The summed E-state index contributed by atoms with van der Waals surface area (Å²) in [5, 5.41) is 4.63. The van der Waals surface area contributed by atoms with E-state index < -0.39 is 0 Å². The Bertz CT molecular complexity index is 574. The maximum absolute atomic E-state index is 5.63. The third kappa shape index (κ3) is 3.33. The maximum atomic E-state index is 5.63. The first kappa shape index (κ1) is 15.3. The fourth-order valence-corrected chi connectivity index (χ4v) is 3.01. The summed E-state index contributed by atoms with van der Waals surface area (Å²) in [5.74, 6) is 1.96. The summed E-state index contributed by atoms with van der Waals surface area (Å²) in [6, 6.07) is 4.04. The molecular weight excluding hydrogens is 318 g/mol. The summed E-state index contributed by atoms with van der Waals surface area (Å²) in [7, 11) is 2.10. The van der Waals surface area contributed by atoms with Crippen LogP contribution < -0.4 is 0 Å². The molecule has 0 fully saturated rings. The van der Waals surface area contributed by atoms with Gasteiger partial charge in [-0.25, -0.2) is 0 Å². The Morgan fingerprint density at radius 3 is 2.60 bits per heavy atom. The average Bonchev–Trinajstić information content (AvgIpc) is 2.95. The topological polar surface area (TPSA) is 34.2 Å². The Balaban J connectivity index is 2.10. The number of furan rings is 1. The first-order valence-corrected chi connectivity index (χ1v) is 7.82. The van der Waals surface area contributed by atoms with Crippen LogP contribution in [0.4, 0.5) is 0 Å². The molecular formula is C15H22BrN3O.